The minimum atomic E-state index is -0.0806. The second kappa shape index (κ2) is 6.00. The number of anilines is 1. The summed E-state index contributed by atoms with van der Waals surface area (Å²) in [7, 11) is 0. The van der Waals surface area contributed by atoms with E-state index in [0.29, 0.717) is 18.4 Å². The SMILES string of the molecule is OCCOc1nc(Cl)cc(N2CCOCC2)n1. The Bertz CT molecular complexity index is 372. The van der Waals surface area contributed by atoms with Crippen LogP contribution in [0.15, 0.2) is 6.07 Å². The molecule has 2 heterocycles. The number of nitrogens with zero attached hydrogens (tertiary/aromatic N) is 3. The van der Waals surface area contributed by atoms with Crippen LogP contribution < -0.4 is 9.64 Å². The first-order valence-corrected chi connectivity index (χ1v) is 5.78. The Morgan fingerprint density at radius 2 is 2.18 bits per heavy atom. The smallest absolute Gasteiger partial charge is 0.319 e. The third kappa shape index (κ3) is 3.42. The van der Waals surface area contributed by atoms with E-state index >= 15 is 0 Å². The third-order valence-corrected chi connectivity index (χ3v) is 2.51. The second-order valence-electron chi connectivity index (χ2n) is 3.50. The van der Waals surface area contributed by atoms with Crippen LogP contribution in [0.5, 0.6) is 6.01 Å². The number of halogens is 1. The lowest BCUT2D eigenvalue weighted by atomic mass is 10.4. The highest BCUT2D eigenvalue weighted by atomic mass is 35.5. The molecule has 1 saturated heterocycles. The van der Waals surface area contributed by atoms with Crippen LogP contribution in [0.4, 0.5) is 5.82 Å². The number of aromatic nitrogens is 2. The summed E-state index contributed by atoms with van der Waals surface area (Å²) in [6, 6.07) is 1.88. The molecule has 1 aliphatic heterocycles. The summed E-state index contributed by atoms with van der Waals surface area (Å²) in [6.07, 6.45) is 0. The van der Waals surface area contributed by atoms with Crippen molar-refractivity contribution >= 4 is 17.4 Å². The number of morpholine rings is 1. The minimum absolute atomic E-state index is 0.0806. The molecule has 1 fully saturated rings. The van der Waals surface area contributed by atoms with E-state index in [9.17, 15) is 0 Å². The van der Waals surface area contributed by atoms with E-state index in [4.69, 9.17) is 26.2 Å². The van der Waals surface area contributed by atoms with Gasteiger partial charge in [-0.25, -0.2) is 0 Å². The van der Waals surface area contributed by atoms with E-state index in [1.165, 1.54) is 0 Å². The maximum Gasteiger partial charge on any atom is 0.319 e. The van der Waals surface area contributed by atoms with Crippen LogP contribution in [-0.4, -0.2) is 54.6 Å². The summed E-state index contributed by atoms with van der Waals surface area (Å²) < 4.78 is 10.4. The lowest BCUT2D eigenvalue weighted by Crippen LogP contribution is -2.36. The largest absolute Gasteiger partial charge is 0.461 e. The molecule has 1 aromatic rings. The van der Waals surface area contributed by atoms with Crippen LogP contribution in [-0.2, 0) is 4.74 Å². The number of rotatable bonds is 4. The summed E-state index contributed by atoms with van der Waals surface area (Å²) in [5.74, 6) is 0.723. The molecule has 0 amide bonds. The monoisotopic (exact) mass is 259 g/mol. The molecule has 94 valence electrons. The summed E-state index contributed by atoms with van der Waals surface area (Å²) in [4.78, 5) is 10.2. The van der Waals surface area contributed by atoms with Gasteiger partial charge in [0.05, 0.1) is 19.8 Å². The first kappa shape index (κ1) is 12.3. The van der Waals surface area contributed by atoms with Crippen molar-refractivity contribution < 1.29 is 14.6 Å². The van der Waals surface area contributed by atoms with E-state index in [2.05, 4.69) is 14.9 Å². The summed E-state index contributed by atoms with van der Waals surface area (Å²) in [5.41, 5.74) is 0. The summed E-state index contributed by atoms with van der Waals surface area (Å²) >= 11 is 5.90. The molecule has 1 aliphatic rings. The summed E-state index contributed by atoms with van der Waals surface area (Å²) in [5, 5.41) is 9.00. The van der Waals surface area contributed by atoms with Crippen molar-refractivity contribution in [1.82, 2.24) is 9.97 Å². The minimum Gasteiger partial charge on any atom is -0.461 e. The number of aliphatic hydroxyl groups excluding tert-OH is 1. The zero-order valence-corrected chi connectivity index (χ0v) is 10.1. The molecule has 1 aromatic heterocycles. The molecule has 2 rings (SSSR count). The number of aliphatic hydroxyl groups is 1. The van der Waals surface area contributed by atoms with Gasteiger partial charge in [0.15, 0.2) is 0 Å². The molecule has 0 spiro atoms. The van der Waals surface area contributed by atoms with Crippen molar-refractivity contribution in [3.8, 4) is 6.01 Å². The Hall–Kier alpha value is -1.11. The van der Waals surface area contributed by atoms with E-state index in [1.54, 1.807) is 6.07 Å². The van der Waals surface area contributed by atoms with Gasteiger partial charge in [-0.2, -0.15) is 9.97 Å². The Kier molecular flexibility index (Phi) is 4.36. The molecule has 1 N–H and O–H groups in total. The van der Waals surface area contributed by atoms with E-state index in [-0.39, 0.29) is 19.2 Å². The van der Waals surface area contributed by atoms with Crippen molar-refractivity contribution in [2.45, 2.75) is 0 Å². The molecule has 6 nitrogen and oxygen atoms in total. The fraction of sp³-hybridized carbons (Fsp3) is 0.600. The lowest BCUT2D eigenvalue weighted by Gasteiger charge is -2.27. The van der Waals surface area contributed by atoms with Crippen LogP contribution >= 0.6 is 11.6 Å². The molecular weight excluding hydrogens is 246 g/mol. The van der Waals surface area contributed by atoms with Crippen LogP contribution in [0.25, 0.3) is 0 Å². The van der Waals surface area contributed by atoms with Crippen molar-refractivity contribution in [3.63, 3.8) is 0 Å². The molecule has 0 unspecified atom stereocenters. The third-order valence-electron chi connectivity index (χ3n) is 2.32. The Morgan fingerprint density at radius 3 is 2.88 bits per heavy atom. The maximum atomic E-state index is 8.67. The fourth-order valence-electron chi connectivity index (χ4n) is 1.54. The molecule has 7 heteroatoms. The molecule has 0 atom stereocenters. The lowest BCUT2D eigenvalue weighted by molar-refractivity contribution is 0.122. The molecule has 0 aliphatic carbocycles. The highest BCUT2D eigenvalue weighted by Gasteiger charge is 2.14. The first-order chi connectivity index (χ1) is 8.29. The molecule has 0 aromatic carbocycles. The first-order valence-electron chi connectivity index (χ1n) is 5.40. The normalized spacial score (nSPS) is 16.0. The van der Waals surface area contributed by atoms with Crippen molar-refractivity contribution in [3.05, 3.63) is 11.2 Å². The predicted molar refractivity (Wildman–Crippen MR) is 62.7 cm³/mol. The zero-order chi connectivity index (χ0) is 12.1. The Balaban J connectivity index is 2.12. The highest BCUT2D eigenvalue weighted by Crippen LogP contribution is 2.20. The quantitative estimate of drug-likeness (QED) is 0.787. The molecule has 17 heavy (non-hydrogen) atoms. The van der Waals surface area contributed by atoms with Gasteiger partial charge < -0.3 is 19.5 Å². The van der Waals surface area contributed by atoms with Gasteiger partial charge >= 0.3 is 6.01 Å². The van der Waals surface area contributed by atoms with E-state index in [1.807, 2.05) is 0 Å². The standard InChI is InChI=1S/C10H14ClN3O3/c11-8-7-9(14-1-4-16-5-2-14)13-10(12-8)17-6-3-15/h7,15H,1-6H2. The second-order valence-corrected chi connectivity index (χ2v) is 3.89. The predicted octanol–water partition coefficient (Wildman–Crippen LogP) is 0.338. The summed E-state index contributed by atoms with van der Waals surface area (Å²) in [6.45, 7) is 2.97. The van der Waals surface area contributed by atoms with E-state index < -0.39 is 0 Å². The zero-order valence-electron chi connectivity index (χ0n) is 9.30. The van der Waals surface area contributed by atoms with Gasteiger partial charge in [-0.15, -0.1) is 0 Å². The number of ether oxygens (including phenoxy) is 2. The highest BCUT2D eigenvalue weighted by molar-refractivity contribution is 6.29. The van der Waals surface area contributed by atoms with Crippen LogP contribution in [0.1, 0.15) is 0 Å². The molecule has 0 radical (unpaired) electrons. The molecule has 0 bridgehead atoms. The average Bonchev–Trinajstić information content (AvgIpc) is 2.37. The molecular formula is C10H14ClN3O3. The topological polar surface area (TPSA) is 67.7 Å². The fourth-order valence-corrected chi connectivity index (χ4v) is 1.71. The Morgan fingerprint density at radius 1 is 1.41 bits per heavy atom. The van der Waals surface area contributed by atoms with Gasteiger partial charge in [-0.1, -0.05) is 11.6 Å². The van der Waals surface area contributed by atoms with Crippen molar-refractivity contribution in [1.29, 1.82) is 0 Å². The van der Waals surface area contributed by atoms with Gasteiger partial charge in [0.1, 0.15) is 17.6 Å². The van der Waals surface area contributed by atoms with Crippen molar-refractivity contribution in [2.75, 3.05) is 44.4 Å². The van der Waals surface area contributed by atoms with Crippen molar-refractivity contribution in [2.24, 2.45) is 0 Å². The number of hydrogen-bond acceptors (Lipinski definition) is 6. The van der Waals surface area contributed by atoms with Gasteiger partial charge in [0.25, 0.3) is 0 Å². The van der Waals surface area contributed by atoms with Crippen LogP contribution in [0, 0.1) is 0 Å². The Labute approximate surface area is 104 Å². The van der Waals surface area contributed by atoms with E-state index in [0.717, 1.165) is 18.9 Å². The van der Waals surface area contributed by atoms with Gasteiger partial charge in [-0.3, -0.25) is 0 Å². The van der Waals surface area contributed by atoms with Gasteiger partial charge in [0.2, 0.25) is 0 Å². The van der Waals surface area contributed by atoms with Crippen LogP contribution in [0.2, 0.25) is 5.15 Å². The van der Waals surface area contributed by atoms with Gasteiger partial charge in [-0.05, 0) is 0 Å². The average molecular weight is 260 g/mol. The maximum absolute atomic E-state index is 8.67. The van der Waals surface area contributed by atoms with Crippen LogP contribution in [0.3, 0.4) is 0 Å². The van der Waals surface area contributed by atoms with Gasteiger partial charge in [0, 0.05) is 19.2 Å². The number of hydrogen-bond donors (Lipinski definition) is 1. The molecule has 0 saturated carbocycles.